The second-order valence-corrected chi connectivity index (χ2v) is 10.6. The summed E-state index contributed by atoms with van der Waals surface area (Å²) < 4.78 is 11.7. The number of morpholine rings is 1. The van der Waals surface area contributed by atoms with Gasteiger partial charge < -0.3 is 25.0 Å². The van der Waals surface area contributed by atoms with Crippen LogP contribution in [0.4, 0.5) is 0 Å². The van der Waals surface area contributed by atoms with Gasteiger partial charge >= 0.3 is 0 Å². The normalized spacial score (nSPS) is 25.8. The Morgan fingerprint density at radius 3 is 2.47 bits per heavy atom. The molecule has 2 saturated heterocycles. The molecule has 1 aromatic carbocycles. The summed E-state index contributed by atoms with van der Waals surface area (Å²) in [6.45, 7) is 6.19. The number of likely N-dealkylation sites (tertiary alicyclic amines) is 1. The first-order chi connectivity index (χ1) is 17.2. The minimum atomic E-state index is -0.171. The van der Waals surface area contributed by atoms with E-state index in [1.807, 2.05) is 18.7 Å². The number of allylic oxidation sites excluding steroid dienone is 1. The number of halogens is 2. The smallest absolute Gasteiger partial charge is 0.270 e. The van der Waals surface area contributed by atoms with E-state index in [1.54, 1.807) is 23.1 Å². The van der Waals surface area contributed by atoms with Crippen LogP contribution in [-0.4, -0.2) is 78.4 Å². The van der Waals surface area contributed by atoms with Crippen LogP contribution in [0.1, 0.15) is 46.0 Å². The van der Waals surface area contributed by atoms with Crippen LogP contribution in [0.25, 0.3) is 0 Å². The van der Waals surface area contributed by atoms with Gasteiger partial charge in [-0.05, 0) is 51.3 Å². The monoisotopic (exact) mass is 536 g/mol. The van der Waals surface area contributed by atoms with Crippen molar-refractivity contribution in [2.75, 3.05) is 32.7 Å². The topological polar surface area (TPSA) is 97.5 Å². The molecule has 0 bridgehead atoms. The number of hydrogen-bond acceptors (Lipinski definition) is 6. The molecule has 1 saturated carbocycles. The van der Waals surface area contributed by atoms with Crippen LogP contribution in [-0.2, 0) is 14.3 Å². The number of carbonyl (C=O) groups excluding carboxylic acids is 2. The molecule has 2 heterocycles. The van der Waals surface area contributed by atoms with Crippen LogP contribution in [0, 0.1) is 0 Å². The number of nitrogens with two attached hydrogens (primary N) is 1. The fourth-order valence-electron chi connectivity index (χ4n) is 5.07. The van der Waals surface area contributed by atoms with Gasteiger partial charge in [-0.25, -0.2) is 0 Å². The maximum atomic E-state index is 13.0. The number of aliphatic imine (C=N–C) groups is 1. The van der Waals surface area contributed by atoms with E-state index >= 15 is 0 Å². The van der Waals surface area contributed by atoms with Crippen molar-refractivity contribution < 1.29 is 19.1 Å². The average molecular weight is 537 g/mol. The summed E-state index contributed by atoms with van der Waals surface area (Å²) in [5, 5.41) is 1.04. The first kappa shape index (κ1) is 26.8. The quantitative estimate of drug-likeness (QED) is 0.576. The summed E-state index contributed by atoms with van der Waals surface area (Å²) in [7, 11) is 0. The molecule has 10 heteroatoms. The summed E-state index contributed by atoms with van der Waals surface area (Å²) in [5.74, 6) is 0.402. The number of ether oxygens (including phenoxy) is 2. The Bertz CT molecular complexity index is 1040. The van der Waals surface area contributed by atoms with Crippen LogP contribution in [0.15, 0.2) is 34.5 Å². The Kier molecular flexibility index (Phi) is 8.80. The molecule has 2 N–H and O–H groups in total. The van der Waals surface area contributed by atoms with E-state index < -0.39 is 0 Å². The maximum Gasteiger partial charge on any atom is 0.270 e. The molecule has 3 aliphatic rings. The van der Waals surface area contributed by atoms with Gasteiger partial charge in [-0.3, -0.25) is 14.6 Å². The summed E-state index contributed by atoms with van der Waals surface area (Å²) in [5.41, 5.74) is 8.13. The molecule has 2 atom stereocenters. The number of benzene rings is 1. The van der Waals surface area contributed by atoms with Gasteiger partial charge in [-0.15, -0.1) is 0 Å². The Morgan fingerprint density at radius 2 is 1.81 bits per heavy atom. The lowest BCUT2D eigenvalue weighted by Gasteiger charge is -2.35. The van der Waals surface area contributed by atoms with Gasteiger partial charge in [0.2, 0.25) is 5.91 Å². The molecule has 36 heavy (non-hydrogen) atoms. The lowest BCUT2D eigenvalue weighted by atomic mass is 10.1. The van der Waals surface area contributed by atoms with E-state index in [0.29, 0.717) is 61.2 Å². The fraction of sp³-hybridized carbons (Fsp3) is 0.577. The highest BCUT2D eigenvalue weighted by atomic mass is 35.5. The lowest BCUT2D eigenvalue weighted by molar-refractivity contribution is -0.139. The summed E-state index contributed by atoms with van der Waals surface area (Å²) >= 11 is 12.2. The number of rotatable bonds is 5. The third-order valence-electron chi connectivity index (χ3n) is 6.84. The Balaban J connectivity index is 1.31. The second kappa shape index (κ2) is 11.8. The number of carbonyl (C=O) groups is 2. The molecular formula is C26H34Cl2N4O4. The molecule has 1 aliphatic carbocycles. The van der Waals surface area contributed by atoms with Gasteiger partial charge in [0.25, 0.3) is 5.91 Å². The zero-order chi connectivity index (χ0) is 25.8. The van der Waals surface area contributed by atoms with Gasteiger partial charge in [0.05, 0.1) is 17.2 Å². The van der Waals surface area contributed by atoms with Crippen LogP contribution in [0.2, 0.25) is 10.0 Å². The number of piperidine rings is 1. The molecule has 8 nitrogen and oxygen atoms in total. The highest BCUT2D eigenvalue weighted by molar-refractivity contribution is 6.35. The molecule has 0 spiro atoms. The Labute approximate surface area is 222 Å². The molecule has 1 aromatic rings. The highest BCUT2D eigenvalue weighted by Crippen LogP contribution is 2.30. The van der Waals surface area contributed by atoms with E-state index in [-0.39, 0.29) is 42.4 Å². The van der Waals surface area contributed by atoms with Crippen molar-refractivity contribution in [2.45, 2.75) is 64.3 Å². The largest absolute Gasteiger partial charge is 0.489 e. The van der Waals surface area contributed by atoms with Crippen molar-refractivity contribution in [3.63, 3.8) is 0 Å². The summed E-state index contributed by atoms with van der Waals surface area (Å²) in [6, 6.07) is 5.17. The summed E-state index contributed by atoms with van der Waals surface area (Å²) in [6.07, 6.45) is 3.67. The highest BCUT2D eigenvalue weighted by Gasteiger charge is 2.30. The van der Waals surface area contributed by atoms with E-state index in [9.17, 15) is 9.59 Å². The fourth-order valence-corrected chi connectivity index (χ4v) is 5.53. The van der Waals surface area contributed by atoms with E-state index in [0.717, 1.165) is 24.1 Å². The lowest BCUT2D eigenvalue weighted by Crippen LogP contribution is -2.49. The van der Waals surface area contributed by atoms with Gasteiger partial charge in [0.1, 0.15) is 24.1 Å². The Hall–Kier alpha value is -2.29. The second-order valence-electron chi connectivity index (χ2n) is 9.75. The first-order valence-corrected chi connectivity index (χ1v) is 13.3. The molecule has 196 valence electrons. The zero-order valence-corrected chi connectivity index (χ0v) is 22.4. The van der Waals surface area contributed by atoms with Crippen LogP contribution >= 0.6 is 23.2 Å². The molecule has 2 aliphatic heterocycles. The minimum absolute atomic E-state index is 0.0140. The van der Waals surface area contributed by atoms with Gasteiger partial charge in [-0.1, -0.05) is 23.2 Å². The van der Waals surface area contributed by atoms with Crippen molar-refractivity contribution in [1.82, 2.24) is 9.80 Å². The number of hydrogen-bond donors (Lipinski definition) is 1. The van der Waals surface area contributed by atoms with Crippen molar-refractivity contribution in [3.8, 4) is 5.75 Å². The average Bonchev–Trinajstić information content (AvgIpc) is 3.32. The van der Waals surface area contributed by atoms with Gasteiger partial charge in [0.15, 0.2) is 0 Å². The van der Waals surface area contributed by atoms with E-state index in [4.69, 9.17) is 38.4 Å². The molecule has 4 rings (SSSR count). The van der Waals surface area contributed by atoms with Crippen molar-refractivity contribution in [1.29, 1.82) is 0 Å². The number of nitrogens with zero attached hydrogens (tertiary/aromatic N) is 3. The van der Waals surface area contributed by atoms with Gasteiger partial charge in [0, 0.05) is 55.3 Å². The Morgan fingerprint density at radius 1 is 1.11 bits per heavy atom. The molecule has 3 fully saturated rings. The van der Waals surface area contributed by atoms with E-state index in [2.05, 4.69) is 4.99 Å². The van der Waals surface area contributed by atoms with E-state index in [1.165, 1.54) is 0 Å². The first-order valence-electron chi connectivity index (χ1n) is 12.6. The summed E-state index contributed by atoms with van der Waals surface area (Å²) in [4.78, 5) is 34.1. The molecule has 0 aromatic heterocycles. The predicted molar refractivity (Wildman–Crippen MR) is 141 cm³/mol. The van der Waals surface area contributed by atoms with Crippen LogP contribution in [0.5, 0.6) is 5.75 Å². The van der Waals surface area contributed by atoms with Gasteiger partial charge in [-0.2, -0.15) is 0 Å². The molecule has 0 radical (unpaired) electrons. The van der Waals surface area contributed by atoms with Crippen molar-refractivity contribution in [2.24, 2.45) is 10.7 Å². The molecular weight excluding hydrogens is 503 g/mol. The van der Waals surface area contributed by atoms with Crippen molar-refractivity contribution >= 4 is 40.7 Å². The zero-order valence-electron chi connectivity index (χ0n) is 20.8. The molecule has 2 amide bonds. The van der Waals surface area contributed by atoms with Crippen LogP contribution in [0.3, 0.4) is 0 Å². The standard InChI is InChI=1S/C26H34Cl2N4O4/c1-16-14-32(15-17(2)35-16)26(34)25(29)20-4-3-5-22(20)30-13-24(33)31-10-8-19(9-11-31)36-23-7-6-18(27)12-21(23)28/h6-7,12,16-17,19H,3-5,8-11,13-15,29H2,1-2H3/t16-,17+. The predicted octanol–water partition coefficient (Wildman–Crippen LogP) is 3.84. The minimum Gasteiger partial charge on any atom is -0.489 e. The molecule has 0 unspecified atom stereocenters. The maximum absolute atomic E-state index is 13.0. The SMILES string of the molecule is C[C@@H]1CN(C(=O)C(N)=C2CCCC2=NCC(=O)N2CCC(Oc3ccc(Cl)cc3Cl)CC2)C[C@H](C)O1. The third kappa shape index (κ3) is 6.52. The van der Waals surface area contributed by atoms with Crippen LogP contribution < -0.4 is 10.5 Å². The van der Waals surface area contributed by atoms with Crippen molar-refractivity contribution in [3.05, 3.63) is 39.5 Å². The number of amides is 2. The third-order valence-corrected chi connectivity index (χ3v) is 7.37.